The molecule has 0 aliphatic heterocycles. The van der Waals surface area contributed by atoms with Gasteiger partial charge in [-0.25, -0.2) is 0 Å². The van der Waals surface area contributed by atoms with Gasteiger partial charge >= 0.3 is 6.18 Å². The number of halogens is 3. The molecular weight excluding hydrogens is 217 g/mol. The van der Waals surface area contributed by atoms with E-state index in [4.69, 9.17) is 5.73 Å². The fourth-order valence-electron chi connectivity index (χ4n) is 1.31. The average Bonchev–Trinajstić information content (AvgIpc) is 2.21. The van der Waals surface area contributed by atoms with Crippen LogP contribution in [0.1, 0.15) is 39.5 Å². The molecule has 1 atom stereocenters. The Morgan fingerprint density at radius 1 is 1.19 bits per heavy atom. The molecule has 0 aromatic carbocycles. The first-order valence-corrected chi connectivity index (χ1v) is 5.80. The number of nitrogens with two attached hydrogens (primary N) is 1. The van der Waals surface area contributed by atoms with Crippen LogP contribution in [0.4, 0.5) is 13.2 Å². The molecule has 0 amide bonds. The summed E-state index contributed by atoms with van der Waals surface area (Å²) in [6, 6.07) is 0. The minimum atomic E-state index is -4.02. The molecule has 0 heterocycles. The summed E-state index contributed by atoms with van der Waals surface area (Å²) in [4.78, 5) is 0. The number of unbranched alkanes of at least 4 members (excludes halogenated alkanes) is 1. The van der Waals surface area contributed by atoms with Crippen molar-refractivity contribution in [3.8, 4) is 0 Å². The minimum Gasteiger partial charge on any atom is -0.330 e. The predicted octanol–water partition coefficient (Wildman–Crippen LogP) is 2.68. The van der Waals surface area contributed by atoms with Crippen LogP contribution >= 0.6 is 0 Å². The molecule has 1 unspecified atom stereocenters. The van der Waals surface area contributed by atoms with Crippen molar-refractivity contribution < 1.29 is 13.2 Å². The van der Waals surface area contributed by atoms with Gasteiger partial charge in [-0.2, -0.15) is 13.2 Å². The number of hydrogen-bond acceptors (Lipinski definition) is 2. The Bertz CT molecular complexity index is 177. The third-order valence-electron chi connectivity index (χ3n) is 2.96. The minimum absolute atomic E-state index is 0.0596. The van der Waals surface area contributed by atoms with Crippen molar-refractivity contribution in [2.24, 2.45) is 11.1 Å². The van der Waals surface area contributed by atoms with Crippen molar-refractivity contribution >= 4 is 0 Å². The summed E-state index contributed by atoms with van der Waals surface area (Å²) in [7, 11) is 0. The molecule has 0 spiro atoms. The molecule has 0 fully saturated rings. The van der Waals surface area contributed by atoms with E-state index in [-0.39, 0.29) is 11.8 Å². The summed E-state index contributed by atoms with van der Waals surface area (Å²) < 4.78 is 35.5. The zero-order chi connectivity index (χ0) is 12.7. The van der Waals surface area contributed by atoms with Gasteiger partial charge < -0.3 is 11.1 Å². The molecular formula is C11H23F3N2. The molecule has 16 heavy (non-hydrogen) atoms. The molecule has 0 saturated carbocycles. The van der Waals surface area contributed by atoms with Gasteiger partial charge in [0.25, 0.3) is 0 Å². The fraction of sp³-hybridized carbons (Fsp3) is 1.00. The second-order valence-corrected chi connectivity index (χ2v) is 4.62. The van der Waals surface area contributed by atoms with Crippen molar-refractivity contribution in [2.45, 2.75) is 45.7 Å². The standard InChI is InChI=1S/C11H23F3N2/c1-3-10(2,8-15)9-16-7-5-4-6-11(12,13)14/h16H,3-9,15H2,1-2H3. The van der Waals surface area contributed by atoms with Gasteiger partial charge in [0, 0.05) is 13.0 Å². The highest BCUT2D eigenvalue weighted by atomic mass is 19.4. The Hall–Kier alpha value is -0.290. The monoisotopic (exact) mass is 240 g/mol. The van der Waals surface area contributed by atoms with Gasteiger partial charge in [-0.15, -0.1) is 0 Å². The van der Waals surface area contributed by atoms with E-state index < -0.39 is 12.6 Å². The van der Waals surface area contributed by atoms with Gasteiger partial charge in [0.1, 0.15) is 0 Å². The quantitative estimate of drug-likeness (QED) is 0.640. The lowest BCUT2D eigenvalue weighted by molar-refractivity contribution is -0.135. The van der Waals surface area contributed by atoms with Gasteiger partial charge in [0.15, 0.2) is 0 Å². The Labute approximate surface area is 95.8 Å². The van der Waals surface area contributed by atoms with Crippen LogP contribution in [0, 0.1) is 5.41 Å². The highest BCUT2D eigenvalue weighted by molar-refractivity contribution is 4.75. The molecule has 3 N–H and O–H groups in total. The van der Waals surface area contributed by atoms with Gasteiger partial charge in [-0.05, 0) is 37.8 Å². The maximum absolute atomic E-state index is 11.8. The van der Waals surface area contributed by atoms with Gasteiger partial charge in [0.2, 0.25) is 0 Å². The van der Waals surface area contributed by atoms with Crippen LogP contribution < -0.4 is 11.1 Å². The Kier molecular flexibility index (Phi) is 6.99. The normalized spacial score (nSPS) is 16.1. The van der Waals surface area contributed by atoms with Gasteiger partial charge in [0.05, 0.1) is 0 Å². The molecule has 0 aliphatic carbocycles. The first kappa shape index (κ1) is 15.7. The van der Waals surface area contributed by atoms with E-state index in [1.165, 1.54) is 0 Å². The Balaban J connectivity index is 3.47. The average molecular weight is 240 g/mol. The van der Waals surface area contributed by atoms with Crippen LogP contribution in [0.5, 0.6) is 0 Å². The lowest BCUT2D eigenvalue weighted by atomic mass is 9.88. The van der Waals surface area contributed by atoms with Crippen molar-refractivity contribution in [1.29, 1.82) is 0 Å². The Morgan fingerprint density at radius 2 is 1.81 bits per heavy atom. The summed E-state index contributed by atoms with van der Waals surface area (Å²) in [5.41, 5.74) is 5.69. The van der Waals surface area contributed by atoms with E-state index in [1.807, 2.05) is 0 Å². The molecule has 0 aromatic heterocycles. The largest absolute Gasteiger partial charge is 0.389 e. The van der Waals surface area contributed by atoms with Crippen molar-refractivity contribution in [1.82, 2.24) is 5.32 Å². The van der Waals surface area contributed by atoms with E-state index in [2.05, 4.69) is 19.2 Å². The van der Waals surface area contributed by atoms with Crippen LogP contribution in [-0.2, 0) is 0 Å². The Morgan fingerprint density at radius 3 is 2.25 bits per heavy atom. The maximum atomic E-state index is 11.8. The molecule has 0 bridgehead atoms. The second kappa shape index (κ2) is 7.12. The van der Waals surface area contributed by atoms with Crippen LogP contribution in [0.25, 0.3) is 0 Å². The molecule has 0 aliphatic rings. The molecule has 0 rings (SSSR count). The third-order valence-corrected chi connectivity index (χ3v) is 2.96. The zero-order valence-electron chi connectivity index (χ0n) is 10.2. The van der Waals surface area contributed by atoms with Gasteiger partial charge in [-0.1, -0.05) is 13.8 Å². The number of hydrogen-bond donors (Lipinski definition) is 2. The predicted molar refractivity (Wildman–Crippen MR) is 60.2 cm³/mol. The summed E-state index contributed by atoms with van der Waals surface area (Å²) in [6.45, 7) is 6.14. The SMILES string of the molecule is CCC(C)(CN)CNCCCCC(F)(F)F. The van der Waals surface area contributed by atoms with Crippen LogP contribution in [0.2, 0.25) is 0 Å². The summed E-state index contributed by atoms with van der Waals surface area (Å²) in [5.74, 6) is 0. The third kappa shape index (κ3) is 7.93. The highest BCUT2D eigenvalue weighted by Gasteiger charge is 2.25. The van der Waals surface area contributed by atoms with Gasteiger partial charge in [-0.3, -0.25) is 0 Å². The molecule has 0 saturated heterocycles. The van der Waals surface area contributed by atoms with Crippen LogP contribution in [0.15, 0.2) is 0 Å². The lowest BCUT2D eigenvalue weighted by Gasteiger charge is -2.26. The van der Waals surface area contributed by atoms with Crippen molar-refractivity contribution in [2.75, 3.05) is 19.6 Å². The zero-order valence-corrected chi connectivity index (χ0v) is 10.2. The molecule has 5 heteroatoms. The molecule has 0 aromatic rings. The maximum Gasteiger partial charge on any atom is 0.389 e. The first-order chi connectivity index (χ1) is 7.33. The van der Waals surface area contributed by atoms with Crippen LogP contribution in [0.3, 0.4) is 0 Å². The van der Waals surface area contributed by atoms with E-state index in [9.17, 15) is 13.2 Å². The smallest absolute Gasteiger partial charge is 0.330 e. The fourth-order valence-corrected chi connectivity index (χ4v) is 1.31. The van der Waals surface area contributed by atoms with Crippen molar-refractivity contribution in [3.63, 3.8) is 0 Å². The van der Waals surface area contributed by atoms with Crippen LogP contribution in [-0.4, -0.2) is 25.8 Å². The second-order valence-electron chi connectivity index (χ2n) is 4.62. The van der Waals surface area contributed by atoms with E-state index in [1.54, 1.807) is 0 Å². The first-order valence-electron chi connectivity index (χ1n) is 5.80. The topological polar surface area (TPSA) is 38.0 Å². The highest BCUT2D eigenvalue weighted by Crippen LogP contribution is 2.22. The number of rotatable bonds is 8. The molecule has 0 radical (unpaired) electrons. The molecule has 98 valence electrons. The summed E-state index contributed by atoms with van der Waals surface area (Å²) in [5, 5.41) is 3.17. The van der Waals surface area contributed by atoms with E-state index >= 15 is 0 Å². The number of alkyl halides is 3. The summed E-state index contributed by atoms with van der Waals surface area (Å²) in [6.07, 6.45) is -2.98. The van der Waals surface area contributed by atoms with E-state index in [0.717, 1.165) is 13.0 Å². The molecule has 2 nitrogen and oxygen atoms in total. The van der Waals surface area contributed by atoms with Crippen molar-refractivity contribution in [3.05, 3.63) is 0 Å². The summed E-state index contributed by atoms with van der Waals surface area (Å²) >= 11 is 0. The van der Waals surface area contributed by atoms with E-state index in [0.29, 0.717) is 19.5 Å². The number of nitrogens with one attached hydrogen (secondary N) is 1. The lowest BCUT2D eigenvalue weighted by Crippen LogP contribution is -2.37.